The lowest BCUT2D eigenvalue weighted by Gasteiger charge is -1.94. The van der Waals surface area contributed by atoms with E-state index in [1.807, 2.05) is 0 Å². The molecule has 0 aromatic heterocycles. The second-order valence-corrected chi connectivity index (χ2v) is 1.28. The fraction of sp³-hybridized carbons (Fsp3) is 0. The lowest BCUT2D eigenvalue weighted by Crippen LogP contribution is -2.21. The Morgan fingerprint density at radius 2 is 1.20 bits per heavy atom. The Morgan fingerprint density at radius 3 is 1.30 bits per heavy atom. The van der Waals surface area contributed by atoms with E-state index in [1.54, 1.807) is 0 Å². The smallest absolute Gasteiger partial charge is 0.358 e. The Bertz CT molecular complexity index is 185. The molecule has 0 heterocycles. The van der Waals surface area contributed by atoms with Crippen LogP contribution in [0.3, 0.4) is 0 Å². The topological polar surface area (TPSA) is 138 Å². The quantitative estimate of drug-likeness (QED) is 0.364. The van der Waals surface area contributed by atoms with Gasteiger partial charge in [0.15, 0.2) is 0 Å². The predicted octanol–water partition coefficient (Wildman–Crippen LogP) is -1.42. The summed E-state index contributed by atoms with van der Waals surface area (Å²) in [6, 6.07) is 0. The van der Waals surface area contributed by atoms with Crippen LogP contribution in [0.25, 0.3) is 0 Å². The normalized spacial score (nSPS) is 12.0. The van der Waals surface area contributed by atoms with Crippen LogP contribution in [0.1, 0.15) is 0 Å². The SMILES string of the molecule is N/C(=C(/N)[N+](=O)[O-])[N+](=O)[O-]. The summed E-state index contributed by atoms with van der Waals surface area (Å²) in [6.45, 7) is 0. The number of hydrogen-bond donors (Lipinski definition) is 2. The van der Waals surface area contributed by atoms with E-state index >= 15 is 0 Å². The molecule has 8 heteroatoms. The number of nitrogens with two attached hydrogens (primary N) is 2. The van der Waals surface area contributed by atoms with Crippen LogP contribution in [0, 0.1) is 20.2 Å². The van der Waals surface area contributed by atoms with Gasteiger partial charge < -0.3 is 20.2 Å². The first-order valence-electron chi connectivity index (χ1n) is 2.00. The van der Waals surface area contributed by atoms with Gasteiger partial charge in [-0.3, -0.25) is 11.5 Å². The average Bonchev–Trinajstić information content (AvgIpc) is 1.84. The van der Waals surface area contributed by atoms with Crippen molar-refractivity contribution in [1.29, 1.82) is 0 Å². The van der Waals surface area contributed by atoms with Gasteiger partial charge in [0.25, 0.3) is 0 Å². The molecule has 0 fully saturated rings. The molecule has 0 rings (SSSR count). The Labute approximate surface area is 54.4 Å². The minimum atomic E-state index is -1.15. The average molecular weight is 148 g/mol. The molecule has 0 saturated carbocycles. The van der Waals surface area contributed by atoms with Crippen LogP contribution in [0.4, 0.5) is 0 Å². The van der Waals surface area contributed by atoms with E-state index in [-0.39, 0.29) is 0 Å². The molecular formula is C2H4N4O4. The van der Waals surface area contributed by atoms with E-state index in [4.69, 9.17) is 0 Å². The van der Waals surface area contributed by atoms with Crippen molar-refractivity contribution in [3.8, 4) is 0 Å². The molecule has 0 spiro atoms. The fourth-order valence-corrected chi connectivity index (χ4v) is 0.187. The van der Waals surface area contributed by atoms with E-state index in [0.717, 1.165) is 0 Å². The molecule has 0 aliphatic heterocycles. The highest BCUT2D eigenvalue weighted by molar-refractivity contribution is 4.88. The molecule has 0 aliphatic carbocycles. The molecule has 0 unspecified atom stereocenters. The Morgan fingerprint density at radius 1 is 1.00 bits per heavy atom. The number of rotatable bonds is 2. The molecule has 0 saturated heterocycles. The number of nitrogens with zero attached hydrogens (tertiary/aromatic N) is 2. The Balaban J connectivity index is 4.67. The third-order valence-corrected chi connectivity index (χ3v) is 0.656. The van der Waals surface area contributed by atoms with Gasteiger partial charge in [-0.1, -0.05) is 0 Å². The zero-order valence-electron chi connectivity index (χ0n) is 4.68. The Hall–Kier alpha value is -1.86. The monoisotopic (exact) mass is 148 g/mol. The van der Waals surface area contributed by atoms with Crippen LogP contribution in [0.15, 0.2) is 11.6 Å². The molecule has 0 aliphatic rings. The van der Waals surface area contributed by atoms with Crippen LogP contribution >= 0.6 is 0 Å². The van der Waals surface area contributed by atoms with Crippen molar-refractivity contribution < 1.29 is 9.85 Å². The number of hydrogen-bond acceptors (Lipinski definition) is 6. The maximum atomic E-state index is 9.68. The van der Waals surface area contributed by atoms with Crippen LogP contribution in [0.5, 0.6) is 0 Å². The third-order valence-electron chi connectivity index (χ3n) is 0.656. The van der Waals surface area contributed by atoms with Gasteiger partial charge in [-0.2, -0.15) is 0 Å². The van der Waals surface area contributed by atoms with Gasteiger partial charge >= 0.3 is 11.6 Å². The van der Waals surface area contributed by atoms with Crippen molar-refractivity contribution >= 4 is 0 Å². The molecule has 0 atom stereocenters. The van der Waals surface area contributed by atoms with E-state index < -0.39 is 21.5 Å². The standard InChI is InChI=1S/C2H4N4O4/c3-1(5(7)8)2(4)6(9)10/h3-4H2/b2-1+. The van der Waals surface area contributed by atoms with Crippen LogP contribution in [0.2, 0.25) is 0 Å². The zero-order valence-corrected chi connectivity index (χ0v) is 4.68. The van der Waals surface area contributed by atoms with E-state index in [2.05, 4.69) is 11.5 Å². The van der Waals surface area contributed by atoms with Gasteiger partial charge in [-0.25, -0.2) is 0 Å². The van der Waals surface area contributed by atoms with Crippen molar-refractivity contribution in [1.82, 2.24) is 0 Å². The first-order chi connectivity index (χ1) is 4.46. The molecule has 4 N–H and O–H groups in total. The molecule has 0 aromatic rings. The van der Waals surface area contributed by atoms with Gasteiger partial charge in [0, 0.05) is 0 Å². The summed E-state index contributed by atoms with van der Waals surface area (Å²) in [6.07, 6.45) is 0. The van der Waals surface area contributed by atoms with Crippen molar-refractivity contribution in [3.63, 3.8) is 0 Å². The molecular weight excluding hydrogens is 144 g/mol. The first-order valence-corrected chi connectivity index (χ1v) is 2.00. The van der Waals surface area contributed by atoms with Gasteiger partial charge in [0.1, 0.15) is 0 Å². The predicted molar refractivity (Wildman–Crippen MR) is 29.4 cm³/mol. The molecule has 0 amide bonds. The molecule has 56 valence electrons. The van der Waals surface area contributed by atoms with Gasteiger partial charge in [-0.15, -0.1) is 0 Å². The molecule has 0 radical (unpaired) electrons. The summed E-state index contributed by atoms with van der Waals surface area (Å²) in [5, 5.41) is 19.4. The summed E-state index contributed by atoms with van der Waals surface area (Å²) in [5.74, 6) is -2.30. The van der Waals surface area contributed by atoms with E-state index in [1.165, 1.54) is 0 Å². The lowest BCUT2D eigenvalue weighted by molar-refractivity contribution is -0.473. The maximum absolute atomic E-state index is 9.68. The summed E-state index contributed by atoms with van der Waals surface area (Å²) >= 11 is 0. The highest BCUT2D eigenvalue weighted by atomic mass is 16.6. The summed E-state index contributed by atoms with van der Waals surface area (Å²) in [5.41, 5.74) is 9.15. The summed E-state index contributed by atoms with van der Waals surface area (Å²) < 4.78 is 0. The van der Waals surface area contributed by atoms with Crippen LogP contribution in [-0.4, -0.2) is 9.85 Å². The highest BCUT2D eigenvalue weighted by Crippen LogP contribution is 1.91. The molecule has 8 nitrogen and oxygen atoms in total. The highest BCUT2D eigenvalue weighted by Gasteiger charge is 2.16. The van der Waals surface area contributed by atoms with Crippen molar-refractivity contribution in [2.45, 2.75) is 0 Å². The van der Waals surface area contributed by atoms with Crippen LogP contribution in [-0.2, 0) is 0 Å². The zero-order chi connectivity index (χ0) is 8.31. The van der Waals surface area contributed by atoms with Gasteiger partial charge in [0.05, 0.1) is 0 Å². The number of nitro groups is 2. The minimum absolute atomic E-state index is 1.13. The minimum Gasteiger partial charge on any atom is -0.358 e. The second-order valence-electron chi connectivity index (χ2n) is 1.28. The second kappa shape index (κ2) is 2.62. The van der Waals surface area contributed by atoms with Crippen molar-refractivity contribution in [2.75, 3.05) is 0 Å². The van der Waals surface area contributed by atoms with E-state index in [9.17, 15) is 20.2 Å². The summed E-state index contributed by atoms with van der Waals surface area (Å²) in [7, 11) is 0. The van der Waals surface area contributed by atoms with Crippen LogP contribution < -0.4 is 11.5 Å². The molecule has 0 aromatic carbocycles. The maximum Gasteiger partial charge on any atom is 0.408 e. The molecule has 0 bridgehead atoms. The van der Waals surface area contributed by atoms with Crippen molar-refractivity contribution in [2.24, 2.45) is 11.5 Å². The van der Waals surface area contributed by atoms with Gasteiger partial charge in [-0.05, 0) is 9.85 Å². The lowest BCUT2D eigenvalue weighted by atomic mass is 10.7. The van der Waals surface area contributed by atoms with Crippen molar-refractivity contribution in [3.05, 3.63) is 31.9 Å². The fourth-order valence-electron chi connectivity index (χ4n) is 0.187. The molecule has 10 heavy (non-hydrogen) atoms. The summed E-state index contributed by atoms with van der Waals surface area (Å²) in [4.78, 5) is 17.1. The largest absolute Gasteiger partial charge is 0.408 e. The van der Waals surface area contributed by atoms with Gasteiger partial charge in [0.2, 0.25) is 0 Å². The third kappa shape index (κ3) is 1.58. The van der Waals surface area contributed by atoms with E-state index in [0.29, 0.717) is 0 Å². The Kier molecular flexibility index (Phi) is 2.13. The first kappa shape index (κ1) is 8.14.